The predicted molar refractivity (Wildman–Crippen MR) is 35.6 cm³/mol. The third kappa shape index (κ3) is 0.658. The molecular formula is C5H10N2S. The van der Waals surface area contributed by atoms with E-state index in [-0.39, 0.29) is 0 Å². The molecule has 0 bridgehead atoms. The van der Waals surface area contributed by atoms with Gasteiger partial charge in [-0.05, 0) is 13.0 Å². The van der Waals surface area contributed by atoms with Crippen LogP contribution in [0.25, 0.3) is 0 Å². The Balaban J connectivity index is 1.92. The molecule has 1 N–H and O–H groups in total. The van der Waals surface area contributed by atoms with Crippen LogP contribution in [0.1, 0.15) is 6.42 Å². The van der Waals surface area contributed by atoms with Crippen LogP contribution in [0.4, 0.5) is 0 Å². The second kappa shape index (κ2) is 1.90. The Bertz CT molecular complexity index is 84.4. The zero-order valence-electron chi connectivity index (χ0n) is 4.76. The highest BCUT2D eigenvalue weighted by molar-refractivity contribution is 8.00. The molecule has 0 aromatic carbocycles. The van der Waals surface area contributed by atoms with Crippen molar-refractivity contribution in [2.24, 2.45) is 0 Å². The van der Waals surface area contributed by atoms with Crippen LogP contribution in [0.5, 0.6) is 0 Å². The molecule has 2 saturated heterocycles. The van der Waals surface area contributed by atoms with Gasteiger partial charge in [0.15, 0.2) is 0 Å². The molecule has 46 valence electrons. The third-order valence-corrected chi connectivity index (χ3v) is 2.93. The molecule has 3 heteroatoms. The van der Waals surface area contributed by atoms with Crippen LogP contribution in [0.3, 0.4) is 0 Å². The monoisotopic (exact) mass is 130 g/mol. The van der Waals surface area contributed by atoms with E-state index in [1.807, 2.05) is 11.8 Å². The average Bonchev–Trinajstić information content (AvgIpc) is 1.72. The lowest BCUT2D eigenvalue weighted by Gasteiger charge is -2.43. The van der Waals surface area contributed by atoms with E-state index in [1.54, 1.807) is 0 Å². The predicted octanol–water partition coefficient (Wildman–Crippen LogP) is 0.270. The Morgan fingerprint density at radius 1 is 1.62 bits per heavy atom. The van der Waals surface area contributed by atoms with Gasteiger partial charge in [0.05, 0.1) is 0 Å². The lowest BCUT2D eigenvalue weighted by atomic mass is 10.3. The van der Waals surface area contributed by atoms with E-state index in [2.05, 4.69) is 10.2 Å². The molecule has 2 heterocycles. The van der Waals surface area contributed by atoms with E-state index in [4.69, 9.17) is 0 Å². The van der Waals surface area contributed by atoms with Gasteiger partial charge in [-0.3, -0.25) is 10.2 Å². The third-order valence-electron chi connectivity index (χ3n) is 1.67. The van der Waals surface area contributed by atoms with Crippen LogP contribution >= 0.6 is 11.8 Å². The minimum atomic E-state index is 0.684. The highest BCUT2D eigenvalue weighted by atomic mass is 32.2. The minimum absolute atomic E-state index is 0.684. The second-order valence-corrected chi connectivity index (χ2v) is 3.31. The average molecular weight is 130 g/mol. The molecule has 0 spiro atoms. The van der Waals surface area contributed by atoms with Crippen molar-refractivity contribution >= 4 is 11.8 Å². The highest BCUT2D eigenvalue weighted by Gasteiger charge is 2.29. The first-order valence-corrected chi connectivity index (χ1v) is 4.11. The zero-order valence-corrected chi connectivity index (χ0v) is 5.58. The van der Waals surface area contributed by atoms with Gasteiger partial charge in [0.1, 0.15) is 5.50 Å². The summed E-state index contributed by atoms with van der Waals surface area (Å²) in [5, 5.41) is 3.41. The maximum Gasteiger partial charge on any atom is 0.110 e. The summed E-state index contributed by atoms with van der Waals surface area (Å²) in [6, 6.07) is 0. The van der Waals surface area contributed by atoms with Crippen molar-refractivity contribution in [3.05, 3.63) is 0 Å². The van der Waals surface area contributed by atoms with E-state index in [0.717, 1.165) is 0 Å². The van der Waals surface area contributed by atoms with Crippen LogP contribution in [0.2, 0.25) is 0 Å². The van der Waals surface area contributed by atoms with E-state index < -0.39 is 0 Å². The first kappa shape index (κ1) is 5.09. The van der Waals surface area contributed by atoms with Crippen molar-refractivity contribution in [1.29, 1.82) is 0 Å². The van der Waals surface area contributed by atoms with Crippen molar-refractivity contribution in [3.63, 3.8) is 0 Å². The summed E-state index contributed by atoms with van der Waals surface area (Å²) in [4.78, 5) is 2.47. The van der Waals surface area contributed by atoms with Gasteiger partial charge in [-0.15, -0.1) is 11.8 Å². The maximum absolute atomic E-state index is 3.41. The number of nitrogens with one attached hydrogen (secondary N) is 1. The molecule has 8 heavy (non-hydrogen) atoms. The van der Waals surface area contributed by atoms with Crippen LogP contribution < -0.4 is 5.32 Å². The van der Waals surface area contributed by atoms with Crippen LogP contribution in [0, 0.1) is 0 Å². The SMILES string of the molecule is C1CNC2SCN2C1. The Kier molecular flexibility index (Phi) is 1.21. The summed E-state index contributed by atoms with van der Waals surface area (Å²) in [6.07, 6.45) is 1.33. The molecule has 2 aliphatic heterocycles. The van der Waals surface area contributed by atoms with E-state index >= 15 is 0 Å². The van der Waals surface area contributed by atoms with Crippen molar-refractivity contribution in [2.75, 3.05) is 19.0 Å². The molecule has 1 atom stereocenters. The minimum Gasteiger partial charge on any atom is -0.293 e. The first-order valence-electron chi connectivity index (χ1n) is 3.06. The molecule has 0 amide bonds. The van der Waals surface area contributed by atoms with Crippen molar-refractivity contribution in [2.45, 2.75) is 11.9 Å². The fourth-order valence-corrected chi connectivity index (χ4v) is 2.11. The largest absolute Gasteiger partial charge is 0.293 e. The Morgan fingerprint density at radius 3 is 3.00 bits per heavy atom. The highest BCUT2D eigenvalue weighted by Crippen LogP contribution is 2.28. The summed E-state index contributed by atoms with van der Waals surface area (Å²) in [5.74, 6) is 1.25. The summed E-state index contributed by atoms with van der Waals surface area (Å²) in [6.45, 7) is 2.53. The fraction of sp³-hybridized carbons (Fsp3) is 1.00. The van der Waals surface area contributed by atoms with Gasteiger partial charge in [-0.2, -0.15) is 0 Å². The van der Waals surface area contributed by atoms with Gasteiger partial charge < -0.3 is 0 Å². The van der Waals surface area contributed by atoms with Crippen molar-refractivity contribution in [1.82, 2.24) is 10.2 Å². The number of fused-ring (bicyclic) bond motifs is 1. The molecular weight excluding hydrogens is 120 g/mol. The van der Waals surface area contributed by atoms with E-state index in [0.29, 0.717) is 5.50 Å². The van der Waals surface area contributed by atoms with Gasteiger partial charge >= 0.3 is 0 Å². The molecule has 2 nitrogen and oxygen atoms in total. The normalized spacial score (nSPS) is 38.2. The van der Waals surface area contributed by atoms with Crippen LogP contribution in [-0.2, 0) is 0 Å². The smallest absolute Gasteiger partial charge is 0.110 e. The van der Waals surface area contributed by atoms with E-state index in [1.165, 1.54) is 25.4 Å². The summed E-state index contributed by atoms with van der Waals surface area (Å²) >= 11 is 2.00. The molecule has 2 rings (SSSR count). The Hall–Kier alpha value is 0.270. The molecule has 0 aromatic rings. The number of hydrogen-bond acceptors (Lipinski definition) is 3. The lowest BCUT2D eigenvalue weighted by Crippen LogP contribution is -2.55. The van der Waals surface area contributed by atoms with E-state index in [9.17, 15) is 0 Å². The first-order chi connectivity index (χ1) is 3.97. The number of thioether (sulfide) groups is 1. The summed E-state index contributed by atoms with van der Waals surface area (Å²) in [7, 11) is 0. The second-order valence-electron chi connectivity index (χ2n) is 2.27. The van der Waals surface area contributed by atoms with Crippen LogP contribution in [-0.4, -0.2) is 29.4 Å². The Labute approximate surface area is 53.6 Å². The van der Waals surface area contributed by atoms with Gasteiger partial charge in [0.25, 0.3) is 0 Å². The van der Waals surface area contributed by atoms with Gasteiger partial charge in [0, 0.05) is 12.4 Å². The lowest BCUT2D eigenvalue weighted by molar-refractivity contribution is 0.196. The van der Waals surface area contributed by atoms with Gasteiger partial charge in [-0.1, -0.05) is 0 Å². The van der Waals surface area contributed by atoms with Crippen LogP contribution in [0.15, 0.2) is 0 Å². The Morgan fingerprint density at radius 2 is 2.62 bits per heavy atom. The van der Waals surface area contributed by atoms with Crippen molar-refractivity contribution < 1.29 is 0 Å². The number of rotatable bonds is 0. The molecule has 0 saturated carbocycles. The van der Waals surface area contributed by atoms with Gasteiger partial charge in [0.2, 0.25) is 0 Å². The molecule has 2 aliphatic rings. The molecule has 0 radical (unpaired) electrons. The maximum atomic E-state index is 3.41. The molecule has 0 aliphatic carbocycles. The number of hydrogen-bond donors (Lipinski definition) is 1. The molecule has 1 unspecified atom stereocenters. The molecule has 0 aromatic heterocycles. The molecule has 2 fully saturated rings. The number of nitrogens with zero attached hydrogens (tertiary/aromatic N) is 1. The quantitative estimate of drug-likeness (QED) is 0.506. The van der Waals surface area contributed by atoms with Crippen molar-refractivity contribution in [3.8, 4) is 0 Å². The summed E-state index contributed by atoms with van der Waals surface area (Å²) < 4.78 is 0. The zero-order chi connectivity index (χ0) is 5.40. The summed E-state index contributed by atoms with van der Waals surface area (Å²) in [5.41, 5.74) is 0.684. The topological polar surface area (TPSA) is 15.3 Å². The van der Waals surface area contributed by atoms with Gasteiger partial charge in [-0.25, -0.2) is 0 Å². The fourth-order valence-electron chi connectivity index (χ4n) is 1.13. The standard InChI is InChI=1S/C5H10N2S/c1-2-6-5-7(3-1)4-8-5/h5-6H,1-4H2.